The van der Waals surface area contributed by atoms with Crippen LogP contribution in [0.4, 0.5) is 22.7 Å². The Bertz CT molecular complexity index is 2470. The maximum Gasteiger partial charge on any atom is 0.137 e. The van der Waals surface area contributed by atoms with Gasteiger partial charge in [-0.05, 0) is 106 Å². The molecule has 1 aliphatic rings. The molecule has 0 saturated heterocycles. The number of fused-ring (bicyclic) bond motifs is 4. The van der Waals surface area contributed by atoms with E-state index in [0.29, 0.717) is 6.67 Å². The third kappa shape index (κ3) is 6.43. The Morgan fingerprint density at radius 2 is 1.13 bits per heavy atom. The Morgan fingerprint density at radius 1 is 0.491 bits per heavy atom. The number of hydrogen-bond donors (Lipinski definition) is 0. The van der Waals surface area contributed by atoms with Gasteiger partial charge in [0.2, 0.25) is 0 Å². The summed E-state index contributed by atoms with van der Waals surface area (Å²) in [7, 11) is 0. The first-order chi connectivity index (χ1) is 25.1. The van der Waals surface area contributed by atoms with Crippen molar-refractivity contribution in [2.24, 2.45) is 0 Å². The van der Waals surface area contributed by atoms with E-state index in [1.165, 1.54) is 44.5 Å². The standard InChI is InChI=1S/C48H50N4O/c1-46(2,3)32-19-22-41-40(27-32)39-21-20-37(30-44(39)52(41)45-28-33(23-24-49-45)47(4,5)6)53-38-26-34(48(7,8)9)25-36(29-38)51-31-50(35-15-11-10-12-16-35)42-17-13-14-18-43(42)51/h10-30H,31H2,1-9H3. The molecular formula is C48H50N4O. The Morgan fingerprint density at radius 3 is 1.81 bits per heavy atom. The first-order valence-corrected chi connectivity index (χ1v) is 18.7. The fourth-order valence-electron chi connectivity index (χ4n) is 7.42. The lowest BCUT2D eigenvalue weighted by Crippen LogP contribution is -2.24. The molecule has 0 bridgehead atoms. The highest BCUT2D eigenvalue weighted by Gasteiger charge is 2.29. The molecule has 5 nitrogen and oxygen atoms in total. The van der Waals surface area contributed by atoms with Crippen LogP contribution < -0.4 is 14.5 Å². The molecule has 0 spiro atoms. The van der Waals surface area contributed by atoms with Crippen molar-refractivity contribution in [2.45, 2.75) is 78.6 Å². The van der Waals surface area contributed by atoms with Gasteiger partial charge in [-0.15, -0.1) is 0 Å². The number of rotatable bonds is 5. The molecule has 0 radical (unpaired) electrons. The van der Waals surface area contributed by atoms with E-state index in [4.69, 9.17) is 9.72 Å². The highest BCUT2D eigenvalue weighted by atomic mass is 16.5. The molecule has 3 heterocycles. The molecule has 7 aromatic rings. The van der Waals surface area contributed by atoms with E-state index >= 15 is 0 Å². The van der Waals surface area contributed by atoms with Crippen LogP contribution in [0.5, 0.6) is 11.5 Å². The molecule has 0 amide bonds. The van der Waals surface area contributed by atoms with Crippen LogP contribution in [0, 0.1) is 0 Å². The molecule has 2 aromatic heterocycles. The van der Waals surface area contributed by atoms with Gasteiger partial charge in [0.25, 0.3) is 0 Å². The molecule has 8 rings (SSSR count). The summed E-state index contributed by atoms with van der Waals surface area (Å²) in [5, 5.41) is 2.40. The minimum Gasteiger partial charge on any atom is -0.457 e. The molecule has 5 aromatic carbocycles. The summed E-state index contributed by atoms with van der Waals surface area (Å²) in [5.74, 6) is 2.51. The zero-order chi connectivity index (χ0) is 37.3. The number of para-hydroxylation sites is 3. The fraction of sp³-hybridized carbons (Fsp3) is 0.271. The highest BCUT2D eigenvalue weighted by molar-refractivity contribution is 6.09. The molecule has 5 heteroatoms. The third-order valence-electron chi connectivity index (χ3n) is 10.6. The van der Waals surface area contributed by atoms with E-state index in [0.717, 1.165) is 34.0 Å². The van der Waals surface area contributed by atoms with E-state index in [-0.39, 0.29) is 16.2 Å². The number of benzene rings is 5. The van der Waals surface area contributed by atoms with E-state index in [9.17, 15) is 0 Å². The summed E-state index contributed by atoms with van der Waals surface area (Å²) >= 11 is 0. The van der Waals surface area contributed by atoms with Crippen LogP contribution in [-0.4, -0.2) is 16.2 Å². The quantitative estimate of drug-likeness (QED) is 0.179. The van der Waals surface area contributed by atoms with Crippen molar-refractivity contribution in [1.82, 2.24) is 9.55 Å². The lowest BCUT2D eigenvalue weighted by atomic mass is 9.86. The van der Waals surface area contributed by atoms with Gasteiger partial charge in [-0.25, -0.2) is 4.98 Å². The van der Waals surface area contributed by atoms with Gasteiger partial charge in [0.05, 0.1) is 22.4 Å². The number of pyridine rings is 1. The summed E-state index contributed by atoms with van der Waals surface area (Å²) in [4.78, 5) is 9.70. The average Bonchev–Trinajstić information content (AvgIpc) is 3.67. The van der Waals surface area contributed by atoms with Crippen molar-refractivity contribution < 1.29 is 4.74 Å². The van der Waals surface area contributed by atoms with E-state index in [2.05, 4.69) is 198 Å². The lowest BCUT2D eigenvalue weighted by molar-refractivity contribution is 0.479. The number of nitrogens with zero attached hydrogens (tertiary/aromatic N) is 4. The summed E-state index contributed by atoms with van der Waals surface area (Å²) < 4.78 is 9.19. The summed E-state index contributed by atoms with van der Waals surface area (Å²) in [6.07, 6.45) is 1.94. The van der Waals surface area contributed by atoms with Gasteiger partial charge in [-0.3, -0.25) is 4.57 Å². The maximum atomic E-state index is 6.89. The molecule has 0 saturated carbocycles. The zero-order valence-corrected chi connectivity index (χ0v) is 32.5. The van der Waals surface area contributed by atoms with Crippen molar-refractivity contribution >= 4 is 44.6 Å². The van der Waals surface area contributed by atoms with Crippen LogP contribution in [0.15, 0.2) is 128 Å². The van der Waals surface area contributed by atoms with E-state index in [1.807, 2.05) is 6.20 Å². The van der Waals surface area contributed by atoms with Crippen LogP contribution >= 0.6 is 0 Å². The molecule has 0 fully saturated rings. The first-order valence-electron chi connectivity index (χ1n) is 18.7. The van der Waals surface area contributed by atoms with Crippen LogP contribution in [0.1, 0.15) is 79.0 Å². The molecule has 268 valence electrons. The monoisotopic (exact) mass is 698 g/mol. The van der Waals surface area contributed by atoms with Gasteiger partial charge in [0.15, 0.2) is 0 Å². The van der Waals surface area contributed by atoms with Gasteiger partial charge in [-0.2, -0.15) is 0 Å². The van der Waals surface area contributed by atoms with Crippen molar-refractivity contribution in [2.75, 3.05) is 16.5 Å². The molecule has 53 heavy (non-hydrogen) atoms. The molecule has 0 atom stereocenters. The zero-order valence-electron chi connectivity index (χ0n) is 32.5. The Kier molecular flexibility index (Phi) is 8.17. The molecule has 1 aliphatic heterocycles. The van der Waals surface area contributed by atoms with Crippen LogP contribution in [0.25, 0.3) is 27.6 Å². The van der Waals surface area contributed by atoms with Crippen LogP contribution in [0.2, 0.25) is 0 Å². The molecule has 0 N–H and O–H groups in total. The predicted molar refractivity (Wildman–Crippen MR) is 223 cm³/mol. The van der Waals surface area contributed by atoms with Gasteiger partial charge in [0, 0.05) is 40.5 Å². The van der Waals surface area contributed by atoms with Crippen molar-refractivity contribution in [1.29, 1.82) is 0 Å². The average molecular weight is 699 g/mol. The topological polar surface area (TPSA) is 33.5 Å². The third-order valence-corrected chi connectivity index (χ3v) is 10.6. The van der Waals surface area contributed by atoms with E-state index < -0.39 is 0 Å². The second-order valence-corrected chi connectivity index (χ2v) is 17.5. The maximum absolute atomic E-state index is 6.89. The largest absolute Gasteiger partial charge is 0.457 e. The van der Waals surface area contributed by atoms with Gasteiger partial charge >= 0.3 is 0 Å². The minimum absolute atomic E-state index is 0.00607. The van der Waals surface area contributed by atoms with E-state index in [1.54, 1.807) is 0 Å². The van der Waals surface area contributed by atoms with Gasteiger partial charge < -0.3 is 14.5 Å². The van der Waals surface area contributed by atoms with Gasteiger partial charge in [-0.1, -0.05) is 98.7 Å². The molecular weight excluding hydrogens is 649 g/mol. The predicted octanol–water partition coefficient (Wildman–Crippen LogP) is 13.1. The molecule has 0 aliphatic carbocycles. The van der Waals surface area contributed by atoms with Crippen LogP contribution in [0.3, 0.4) is 0 Å². The lowest BCUT2D eigenvalue weighted by Gasteiger charge is -2.26. The highest BCUT2D eigenvalue weighted by Crippen LogP contribution is 2.46. The SMILES string of the molecule is CC(C)(C)c1cc(Oc2ccc3c4cc(C(C)(C)C)ccc4n(-c4cc(C(C)(C)C)ccn4)c3c2)cc(N2CN(c3ccccc3)c3ccccc32)c1. The smallest absolute Gasteiger partial charge is 0.137 e. The summed E-state index contributed by atoms with van der Waals surface area (Å²) in [5.41, 5.74) is 10.6. The fourth-order valence-corrected chi connectivity index (χ4v) is 7.42. The Hall–Kier alpha value is -5.55. The Balaban J connectivity index is 1.25. The van der Waals surface area contributed by atoms with Gasteiger partial charge in [0.1, 0.15) is 24.0 Å². The summed E-state index contributed by atoms with van der Waals surface area (Å²) in [6, 6.07) is 43.7. The Labute approximate surface area is 314 Å². The number of aromatic nitrogens is 2. The first kappa shape index (κ1) is 34.5. The van der Waals surface area contributed by atoms with Crippen molar-refractivity contribution in [3.8, 4) is 17.3 Å². The normalized spacial score (nSPS) is 13.6. The second kappa shape index (κ2) is 12.5. The van der Waals surface area contributed by atoms with Crippen LogP contribution in [-0.2, 0) is 16.2 Å². The molecule has 0 unspecified atom stereocenters. The summed E-state index contributed by atoms with van der Waals surface area (Å²) in [6.45, 7) is 21.1. The van der Waals surface area contributed by atoms with Crippen molar-refractivity contribution in [3.63, 3.8) is 0 Å². The van der Waals surface area contributed by atoms with Crippen molar-refractivity contribution in [3.05, 3.63) is 144 Å². The number of hydrogen-bond acceptors (Lipinski definition) is 4. The number of anilines is 4. The minimum atomic E-state index is -0.0860. The number of ether oxygens (including phenoxy) is 1. The second-order valence-electron chi connectivity index (χ2n) is 17.5.